The number of hydrogen-bond acceptors (Lipinski definition) is 5. The number of nitriles is 1. The average molecular weight is 560 g/mol. The Hall–Kier alpha value is -3.95. The van der Waals surface area contributed by atoms with Crippen LogP contribution >= 0.6 is 0 Å². The van der Waals surface area contributed by atoms with E-state index in [1.54, 1.807) is 0 Å². The summed E-state index contributed by atoms with van der Waals surface area (Å²) in [4.78, 5) is 27.5. The Labute approximate surface area is 229 Å². The first kappa shape index (κ1) is 29.0. The molecule has 0 aromatic heterocycles. The lowest BCUT2D eigenvalue weighted by Gasteiger charge is -2.37. The summed E-state index contributed by atoms with van der Waals surface area (Å²) in [5.41, 5.74) is -0.312. The van der Waals surface area contributed by atoms with E-state index in [4.69, 9.17) is 4.74 Å². The number of carbonyl (C=O) groups excluding carboxylic acids is 2. The van der Waals surface area contributed by atoms with E-state index < -0.39 is 46.7 Å². The molecule has 2 aromatic carbocycles. The maximum atomic E-state index is 14.4. The van der Waals surface area contributed by atoms with Crippen molar-refractivity contribution in [3.63, 3.8) is 0 Å². The molecule has 0 saturated carbocycles. The minimum absolute atomic E-state index is 0.0839. The third kappa shape index (κ3) is 6.26. The van der Waals surface area contributed by atoms with Gasteiger partial charge in [0.25, 0.3) is 5.91 Å². The van der Waals surface area contributed by atoms with Gasteiger partial charge in [-0.2, -0.15) is 5.26 Å². The van der Waals surface area contributed by atoms with Crippen LogP contribution < -0.4 is 16.0 Å². The normalized spacial score (nSPS) is 19.0. The van der Waals surface area contributed by atoms with Gasteiger partial charge in [-0.05, 0) is 62.7 Å². The molecule has 0 radical (unpaired) electrons. The molecule has 0 aliphatic carbocycles. The van der Waals surface area contributed by atoms with Gasteiger partial charge in [-0.25, -0.2) is 22.4 Å². The zero-order valence-corrected chi connectivity index (χ0v) is 21.8. The molecule has 212 valence electrons. The Balaban J connectivity index is 1.36. The number of likely N-dealkylation sites (tertiary alicyclic amines) is 1. The summed E-state index contributed by atoms with van der Waals surface area (Å²) in [6, 6.07) is 7.03. The molecule has 1 saturated heterocycles. The number of methoxy groups -OCH3 is 1. The van der Waals surface area contributed by atoms with Crippen LogP contribution in [0, 0.1) is 34.6 Å². The topological polar surface area (TPSA) is 106 Å². The van der Waals surface area contributed by atoms with Gasteiger partial charge in [0.2, 0.25) is 0 Å². The molecule has 4 rings (SSSR count). The summed E-state index contributed by atoms with van der Waals surface area (Å²) in [6.45, 7) is 1.83. The smallest absolute Gasteiger partial charge is 0.319 e. The molecule has 2 aliphatic rings. The van der Waals surface area contributed by atoms with Crippen molar-refractivity contribution in [2.75, 3.05) is 39.9 Å². The van der Waals surface area contributed by atoms with Crippen LogP contribution in [-0.2, 0) is 14.9 Å². The van der Waals surface area contributed by atoms with Crippen molar-refractivity contribution in [1.29, 1.82) is 5.26 Å². The number of hydrogen-bond donors (Lipinski definition) is 3. The lowest BCUT2D eigenvalue weighted by atomic mass is 9.73. The third-order valence-corrected chi connectivity index (χ3v) is 7.27. The average Bonchev–Trinajstić information content (AvgIpc) is 2.93. The highest BCUT2D eigenvalue weighted by Crippen LogP contribution is 2.36. The van der Waals surface area contributed by atoms with Crippen LogP contribution in [0.25, 0.3) is 0 Å². The maximum Gasteiger partial charge on any atom is 0.319 e. The first-order valence-electron chi connectivity index (χ1n) is 12.8. The number of nitrogens with zero attached hydrogens (tertiary/aromatic N) is 2. The molecule has 2 heterocycles. The van der Waals surface area contributed by atoms with Crippen molar-refractivity contribution in [2.45, 2.75) is 30.7 Å². The molecular formula is C28H29F4N5O3. The van der Waals surface area contributed by atoms with E-state index in [1.807, 2.05) is 0 Å². The number of rotatable bonds is 9. The molecular weight excluding hydrogens is 530 g/mol. The fourth-order valence-corrected chi connectivity index (χ4v) is 5.16. The summed E-state index contributed by atoms with van der Waals surface area (Å²) in [5.74, 6) is -4.09. The van der Waals surface area contributed by atoms with Crippen molar-refractivity contribution in [1.82, 2.24) is 20.9 Å². The lowest BCUT2D eigenvalue weighted by molar-refractivity contribution is -0.118. The summed E-state index contributed by atoms with van der Waals surface area (Å²) in [6.07, 6.45) is 1.32. The van der Waals surface area contributed by atoms with Gasteiger partial charge >= 0.3 is 6.03 Å². The molecule has 1 unspecified atom stereocenters. The highest BCUT2D eigenvalue weighted by Gasteiger charge is 2.38. The number of halogens is 4. The van der Waals surface area contributed by atoms with E-state index >= 15 is 0 Å². The zero-order valence-electron chi connectivity index (χ0n) is 21.8. The standard InChI is InChI=1S/C28H29F4N5O3/c1-40-15-23-24(25(36-27(39)35-23)17-3-6-20(30)22(32)13-17)26(38)34-9-2-10-37-11-7-28(16-33,8-12-37)19-5-4-18(29)14-21(19)31/h3-6,13-14,25H,2,7-12,15H2,1H3,(H,34,38)(H2,35,36,39). The predicted molar refractivity (Wildman–Crippen MR) is 137 cm³/mol. The van der Waals surface area contributed by atoms with E-state index in [1.165, 1.54) is 19.2 Å². The van der Waals surface area contributed by atoms with Crippen LogP contribution in [0.4, 0.5) is 22.4 Å². The second kappa shape index (κ2) is 12.5. The zero-order chi connectivity index (χ0) is 28.9. The molecule has 0 spiro atoms. The molecule has 3 N–H and O–H groups in total. The highest BCUT2D eigenvalue weighted by molar-refractivity contribution is 5.98. The molecule has 2 aromatic rings. The molecule has 2 aliphatic heterocycles. The number of carbonyl (C=O) groups is 2. The van der Waals surface area contributed by atoms with Crippen molar-refractivity contribution in [3.8, 4) is 6.07 Å². The SMILES string of the molecule is COCC1=C(C(=O)NCCCN2CCC(C#N)(c3ccc(F)cc3F)CC2)C(c2ccc(F)c(F)c2)NC(=O)N1. The first-order chi connectivity index (χ1) is 19.2. The molecule has 0 bridgehead atoms. The van der Waals surface area contributed by atoms with Gasteiger partial charge in [0.15, 0.2) is 11.6 Å². The van der Waals surface area contributed by atoms with Crippen LogP contribution in [0.15, 0.2) is 47.7 Å². The molecule has 40 heavy (non-hydrogen) atoms. The highest BCUT2D eigenvalue weighted by atomic mass is 19.2. The third-order valence-electron chi connectivity index (χ3n) is 7.27. The Kier molecular flexibility index (Phi) is 9.07. The number of nitrogens with one attached hydrogen (secondary N) is 3. The van der Waals surface area contributed by atoms with Gasteiger partial charge < -0.3 is 25.6 Å². The Morgan fingerprint density at radius 3 is 2.52 bits per heavy atom. The van der Waals surface area contributed by atoms with Crippen LogP contribution in [0.2, 0.25) is 0 Å². The van der Waals surface area contributed by atoms with Gasteiger partial charge in [0, 0.05) is 25.3 Å². The maximum absolute atomic E-state index is 14.4. The van der Waals surface area contributed by atoms with Crippen LogP contribution in [0.3, 0.4) is 0 Å². The summed E-state index contributed by atoms with van der Waals surface area (Å²) < 4.78 is 60.3. The van der Waals surface area contributed by atoms with E-state index in [9.17, 15) is 32.4 Å². The Morgan fingerprint density at radius 1 is 1.12 bits per heavy atom. The number of amides is 3. The van der Waals surface area contributed by atoms with Crippen LogP contribution in [0.5, 0.6) is 0 Å². The van der Waals surface area contributed by atoms with Gasteiger partial charge in [0.05, 0.1) is 35.4 Å². The van der Waals surface area contributed by atoms with E-state index in [-0.39, 0.29) is 35.5 Å². The van der Waals surface area contributed by atoms with Crippen molar-refractivity contribution >= 4 is 11.9 Å². The lowest BCUT2D eigenvalue weighted by Crippen LogP contribution is -2.48. The number of ether oxygens (including phenoxy) is 1. The molecule has 8 nitrogen and oxygen atoms in total. The van der Waals surface area contributed by atoms with Crippen molar-refractivity contribution in [3.05, 3.63) is 82.1 Å². The monoisotopic (exact) mass is 559 g/mol. The van der Waals surface area contributed by atoms with Crippen LogP contribution in [0.1, 0.15) is 36.4 Å². The quantitative estimate of drug-likeness (QED) is 0.322. The van der Waals surface area contributed by atoms with Crippen molar-refractivity contribution < 1.29 is 31.9 Å². The van der Waals surface area contributed by atoms with Gasteiger partial charge in [-0.1, -0.05) is 12.1 Å². The van der Waals surface area contributed by atoms with Gasteiger partial charge in [0.1, 0.15) is 11.6 Å². The van der Waals surface area contributed by atoms with Gasteiger partial charge in [-0.15, -0.1) is 0 Å². The van der Waals surface area contributed by atoms with Crippen molar-refractivity contribution in [2.24, 2.45) is 0 Å². The molecule has 1 atom stereocenters. The number of piperidine rings is 1. The minimum Gasteiger partial charge on any atom is -0.378 e. The second-order valence-corrected chi connectivity index (χ2v) is 9.80. The van der Waals surface area contributed by atoms with E-state index in [0.717, 1.165) is 24.3 Å². The predicted octanol–water partition coefficient (Wildman–Crippen LogP) is 3.56. The van der Waals surface area contributed by atoms with E-state index in [2.05, 4.69) is 26.9 Å². The molecule has 12 heteroatoms. The number of urea groups is 1. The first-order valence-corrected chi connectivity index (χ1v) is 12.8. The van der Waals surface area contributed by atoms with Gasteiger partial charge in [-0.3, -0.25) is 4.79 Å². The minimum atomic E-state index is -1.11. The molecule has 3 amide bonds. The van der Waals surface area contributed by atoms with E-state index in [0.29, 0.717) is 38.9 Å². The second-order valence-electron chi connectivity index (χ2n) is 9.80. The Bertz CT molecular complexity index is 1350. The molecule has 1 fully saturated rings. The largest absolute Gasteiger partial charge is 0.378 e. The Morgan fingerprint density at radius 2 is 1.88 bits per heavy atom. The fourth-order valence-electron chi connectivity index (χ4n) is 5.16. The fraction of sp³-hybridized carbons (Fsp3) is 0.393. The van der Waals surface area contributed by atoms with Crippen LogP contribution in [-0.4, -0.2) is 56.7 Å². The summed E-state index contributed by atoms with van der Waals surface area (Å²) in [7, 11) is 1.40. The summed E-state index contributed by atoms with van der Waals surface area (Å²) in [5, 5.41) is 17.8. The number of benzene rings is 2. The summed E-state index contributed by atoms with van der Waals surface area (Å²) >= 11 is 0.